The van der Waals surface area contributed by atoms with Crippen LogP contribution in [0.1, 0.15) is 11.3 Å². The number of hydrogen-bond acceptors (Lipinski definition) is 4. The van der Waals surface area contributed by atoms with Gasteiger partial charge in [-0.25, -0.2) is 0 Å². The molecule has 2 rings (SSSR count). The summed E-state index contributed by atoms with van der Waals surface area (Å²) in [4.78, 5) is 4.49. The molecule has 0 saturated carbocycles. The van der Waals surface area contributed by atoms with Gasteiger partial charge < -0.3 is 15.8 Å². The lowest BCUT2D eigenvalue weighted by Gasteiger charge is -2.11. The number of ether oxygens (including phenoxy) is 1. The second kappa shape index (κ2) is 6.26. The highest BCUT2D eigenvalue weighted by atomic mass is 32.1. The summed E-state index contributed by atoms with van der Waals surface area (Å²) in [5.74, 6) is 0. The Morgan fingerprint density at radius 2 is 2.11 bits per heavy atom. The summed E-state index contributed by atoms with van der Waals surface area (Å²) in [7, 11) is 1.68. The number of nitrogens with two attached hydrogens (primary N) is 1. The van der Waals surface area contributed by atoms with Crippen LogP contribution in [0.4, 0.5) is 11.4 Å². The van der Waals surface area contributed by atoms with Crippen LogP contribution in [0, 0.1) is 0 Å². The summed E-state index contributed by atoms with van der Waals surface area (Å²) >= 11 is 4.87. The van der Waals surface area contributed by atoms with Gasteiger partial charge in [-0.15, -0.1) is 0 Å². The van der Waals surface area contributed by atoms with E-state index in [0.29, 0.717) is 17.3 Å². The molecular formula is C14H15N3OS. The van der Waals surface area contributed by atoms with E-state index < -0.39 is 0 Å². The highest BCUT2D eigenvalue weighted by Gasteiger charge is 2.03. The van der Waals surface area contributed by atoms with E-state index in [0.717, 1.165) is 16.9 Å². The van der Waals surface area contributed by atoms with E-state index in [2.05, 4.69) is 10.3 Å². The first kappa shape index (κ1) is 13.5. The molecule has 98 valence electrons. The number of nitrogens with zero attached hydrogens (tertiary/aromatic N) is 1. The van der Waals surface area contributed by atoms with Crippen molar-refractivity contribution in [3.63, 3.8) is 0 Å². The molecule has 19 heavy (non-hydrogen) atoms. The summed E-state index contributed by atoms with van der Waals surface area (Å²) in [6.45, 7) is 0.557. The van der Waals surface area contributed by atoms with Gasteiger partial charge in [0, 0.05) is 18.4 Å². The Morgan fingerprint density at radius 1 is 1.32 bits per heavy atom. The lowest BCUT2D eigenvalue weighted by atomic mass is 10.2. The zero-order chi connectivity index (χ0) is 13.7. The second-order valence-corrected chi connectivity index (χ2v) is 4.45. The van der Waals surface area contributed by atoms with Crippen LogP contribution in [0.25, 0.3) is 0 Å². The molecule has 0 atom stereocenters. The number of methoxy groups -OCH3 is 1. The largest absolute Gasteiger partial charge is 0.388 e. The van der Waals surface area contributed by atoms with Crippen LogP contribution in [0.5, 0.6) is 0 Å². The fourth-order valence-electron chi connectivity index (χ4n) is 1.69. The third kappa shape index (κ3) is 3.49. The minimum atomic E-state index is 0.298. The van der Waals surface area contributed by atoms with Gasteiger partial charge in [-0.3, -0.25) is 4.98 Å². The zero-order valence-corrected chi connectivity index (χ0v) is 11.4. The van der Waals surface area contributed by atoms with Crippen LogP contribution >= 0.6 is 12.2 Å². The topological polar surface area (TPSA) is 60.2 Å². The van der Waals surface area contributed by atoms with Crippen molar-refractivity contribution < 1.29 is 4.74 Å². The molecule has 0 unspecified atom stereocenters. The molecule has 0 aliphatic carbocycles. The normalized spacial score (nSPS) is 10.2. The number of pyridine rings is 1. The third-order valence-corrected chi connectivity index (χ3v) is 2.82. The monoisotopic (exact) mass is 273 g/mol. The number of aromatic nitrogens is 1. The zero-order valence-electron chi connectivity index (χ0n) is 10.6. The summed E-state index contributed by atoms with van der Waals surface area (Å²) in [6, 6.07) is 11.7. The highest BCUT2D eigenvalue weighted by molar-refractivity contribution is 7.80. The number of rotatable bonds is 5. The predicted octanol–water partition coefficient (Wildman–Crippen LogP) is 2.61. The van der Waals surface area contributed by atoms with Crippen molar-refractivity contribution in [2.75, 3.05) is 12.4 Å². The third-order valence-electron chi connectivity index (χ3n) is 2.61. The van der Waals surface area contributed by atoms with Crippen molar-refractivity contribution >= 4 is 28.6 Å². The van der Waals surface area contributed by atoms with E-state index in [1.165, 1.54) is 0 Å². The van der Waals surface area contributed by atoms with E-state index in [9.17, 15) is 0 Å². The first-order valence-corrected chi connectivity index (χ1v) is 6.21. The van der Waals surface area contributed by atoms with Gasteiger partial charge in [-0.1, -0.05) is 30.4 Å². The Morgan fingerprint density at radius 3 is 2.74 bits per heavy atom. The van der Waals surface area contributed by atoms with E-state index in [-0.39, 0.29) is 0 Å². The SMILES string of the molecule is COCc1ccccc1Nc1ccc(C(N)=S)nc1. The molecule has 0 amide bonds. The Kier molecular flexibility index (Phi) is 4.43. The summed E-state index contributed by atoms with van der Waals surface area (Å²) < 4.78 is 5.17. The van der Waals surface area contributed by atoms with Crippen LogP contribution in [0.3, 0.4) is 0 Å². The number of para-hydroxylation sites is 1. The van der Waals surface area contributed by atoms with Gasteiger partial charge in [0.1, 0.15) is 4.99 Å². The summed E-state index contributed by atoms with van der Waals surface area (Å²) in [6.07, 6.45) is 1.71. The van der Waals surface area contributed by atoms with Crippen LogP contribution in [0.2, 0.25) is 0 Å². The van der Waals surface area contributed by atoms with E-state index >= 15 is 0 Å². The first-order valence-electron chi connectivity index (χ1n) is 5.80. The number of thiocarbonyl (C=S) groups is 1. The van der Waals surface area contributed by atoms with Crippen LogP contribution in [0.15, 0.2) is 42.6 Å². The minimum absolute atomic E-state index is 0.298. The van der Waals surface area contributed by atoms with Crippen molar-refractivity contribution in [2.45, 2.75) is 6.61 Å². The lowest BCUT2D eigenvalue weighted by molar-refractivity contribution is 0.185. The van der Waals surface area contributed by atoms with E-state index in [4.69, 9.17) is 22.7 Å². The van der Waals surface area contributed by atoms with Gasteiger partial charge in [-0.2, -0.15) is 0 Å². The molecule has 0 radical (unpaired) electrons. The molecular weight excluding hydrogens is 258 g/mol. The Hall–Kier alpha value is -1.98. The van der Waals surface area contributed by atoms with Gasteiger partial charge >= 0.3 is 0 Å². The smallest absolute Gasteiger partial charge is 0.122 e. The second-order valence-electron chi connectivity index (χ2n) is 4.01. The number of nitrogens with one attached hydrogen (secondary N) is 1. The molecule has 1 heterocycles. The highest BCUT2D eigenvalue weighted by Crippen LogP contribution is 2.21. The number of hydrogen-bond donors (Lipinski definition) is 2. The van der Waals surface area contributed by atoms with Gasteiger partial charge in [0.25, 0.3) is 0 Å². The Labute approximate surface area is 117 Å². The molecule has 5 heteroatoms. The lowest BCUT2D eigenvalue weighted by Crippen LogP contribution is -2.11. The maximum atomic E-state index is 5.51. The van der Waals surface area contributed by atoms with Crippen molar-refractivity contribution in [3.05, 3.63) is 53.9 Å². The van der Waals surface area contributed by atoms with Crippen molar-refractivity contribution in [1.82, 2.24) is 4.98 Å². The fourth-order valence-corrected chi connectivity index (χ4v) is 1.81. The average Bonchev–Trinajstić information content (AvgIpc) is 2.42. The maximum absolute atomic E-state index is 5.51. The fraction of sp³-hybridized carbons (Fsp3) is 0.143. The molecule has 0 aliphatic rings. The van der Waals surface area contributed by atoms with Gasteiger partial charge in [0.05, 0.1) is 24.2 Å². The van der Waals surface area contributed by atoms with Gasteiger partial charge in [0.2, 0.25) is 0 Å². The Balaban J connectivity index is 2.19. The quantitative estimate of drug-likeness (QED) is 0.820. The maximum Gasteiger partial charge on any atom is 0.122 e. The molecule has 0 fully saturated rings. The number of anilines is 2. The molecule has 0 saturated heterocycles. The predicted molar refractivity (Wildman–Crippen MR) is 80.6 cm³/mol. The number of benzene rings is 1. The van der Waals surface area contributed by atoms with E-state index in [1.807, 2.05) is 30.3 Å². The molecule has 2 aromatic rings. The first-order chi connectivity index (χ1) is 9.20. The van der Waals surface area contributed by atoms with Crippen LogP contribution < -0.4 is 11.1 Å². The van der Waals surface area contributed by atoms with Crippen molar-refractivity contribution in [1.29, 1.82) is 0 Å². The summed E-state index contributed by atoms with van der Waals surface area (Å²) in [5, 5.41) is 3.30. The molecule has 1 aromatic heterocycles. The van der Waals surface area contributed by atoms with Crippen molar-refractivity contribution in [3.8, 4) is 0 Å². The Bertz CT molecular complexity index is 569. The summed E-state index contributed by atoms with van der Waals surface area (Å²) in [5.41, 5.74) is 9.09. The van der Waals surface area contributed by atoms with Gasteiger partial charge in [0.15, 0.2) is 0 Å². The average molecular weight is 273 g/mol. The molecule has 3 N–H and O–H groups in total. The molecule has 0 spiro atoms. The van der Waals surface area contributed by atoms with E-state index in [1.54, 1.807) is 19.4 Å². The molecule has 4 nitrogen and oxygen atoms in total. The molecule has 0 aliphatic heterocycles. The van der Waals surface area contributed by atoms with Gasteiger partial charge in [-0.05, 0) is 18.2 Å². The standard InChI is InChI=1S/C14H15N3OS/c1-18-9-10-4-2-3-5-12(10)17-11-6-7-13(14(15)19)16-8-11/h2-8,17H,9H2,1H3,(H2,15,19). The van der Waals surface area contributed by atoms with Crippen LogP contribution in [-0.4, -0.2) is 17.1 Å². The van der Waals surface area contributed by atoms with Crippen LogP contribution in [-0.2, 0) is 11.3 Å². The minimum Gasteiger partial charge on any atom is -0.388 e. The van der Waals surface area contributed by atoms with Crippen molar-refractivity contribution in [2.24, 2.45) is 5.73 Å². The molecule has 0 bridgehead atoms. The molecule has 1 aromatic carbocycles.